The first-order chi connectivity index (χ1) is 8.50. The molecule has 0 radical (unpaired) electrons. The first-order valence-corrected chi connectivity index (χ1v) is 9.31. The van der Waals surface area contributed by atoms with E-state index >= 15 is 0 Å². The SMILES string of the molecule is CCCC(=O)[Si](CC)(C(=O)CCC)C(=O)CCC. The van der Waals surface area contributed by atoms with E-state index in [2.05, 4.69) is 0 Å². The third-order valence-electron chi connectivity index (χ3n) is 3.39. The summed E-state index contributed by atoms with van der Waals surface area (Å²) in [5.74, 6) is 0. The smallest absolute Gasteiger partial charge is 0.279 e. The highest BCUT2D eigenvalue weighted by Crippen LogP contribution is 2.21. The average molecular weight is 270 g/mol. The number of carbonyl (C=O) groups excluding carboxylic acids is 3. The molecule has 0 amide bonds. The minimum Gasteiger partial charge on any atom is -0.304 e. The lowest BCUT2D eigenvalue weighted by molar-refractivity contribution is -0.120. The van der Waals surface area contributed by atoms with Gasteiger partial charge in [0, 0.05) is 19.3 Å². The minimum absolute atomic E-state index is 0.0376. The number of hydrogen-bond acceptors (Lipinski definition) is 3. The van der Waals surface area contributed by atoms with Gasteiger partial charge in [0.2, 0.25) is 0 Å². The van der Waals surface area contributed by atoms with Crippen molar-refractivity contribution in [3.63, 3.8) is 0 Å². The van der Waals surface area contributed by atoms with Crippen LogP contribution in [0.2, 0.25) is 6.04 Å². The van der Waals surface area contributed by atoms with Gasteiger partial charge in [0.05, 0.1) is 0 Å². The maximum Gasteiger partial charge on any atom is 0.279 e. The third-order valence-corrected chi connectivity index (χ3v) is 8.06. The quantitative estimate of drug-likeness (QED) is 0.573. The van der Waals surface area contributed by atoms with Gasteiger partial charge in [-0.05, 0) is 25.3 Å². The molecule has 0 fully saturated rings. The van der Waals surface area contributed by atoms with Crippen molar-refractivity contribution in [2.45, 2.75) is 72.3 Å². The van der Waals surface area contributed by atoms with Gasteiger partial charge in [-0.15, -0.1) is 0 Å². The van der Waals surface area contributed by atoms with Gasteiger partial charge in [0.15, 0.2) is 0 Å². The lowest BCUT2D eigenvalue weighted by Gasteiger charge is -2.25. The molecule has 0 atom stereocenters. The maximum atomic E-state index is 12.3. The Labute approximate surface area is 111 Å². The Morgan fingerprint density at radius 1 is 0.667 bits per heavy atom. The highest BCUT2D eigenvalue weighted by molar-refractivity contribution is 7.40. The Kier molecular flexibility index (Phi) is 7.99. The first kappa shape index (κ1) is 17.2. The van der Waals surface area contributed by atoms with Crippen molar-refractivity contribution >= 4 is 24.3 Å². The summed E-state index contributed by atoms with van der Waals surface area (Å²) in [7, 11) is -3.06. The predicted molar refractivity (Wildman–Crippen MR) is 76.0 cm³/mol. The zero-order valence-electron chi connectivity index (χ0n) is 12.2. The second-order valence-electron chi connectivity index (χ2n) is 4.78. The number of hydrogen-bond donors (Lipinski definition) is 0. The fourth-order valence-corrected chi connectivity index (χ4v) is 6.53. The summed E-state index contributed by atoms with van der Waals surface area (Å²) in [6.07, 6.45) is 3.28. The lowest BCUT2D eigenvalue weighted by atomic mass is 10.4. The van der Waals surface area contributed by atoms with E-state index in [1.165, 1.54) is 0 Å². The average Bonchev–Trinajstić information content (AvgIpc) is 2.31. The normalized spacial score (nSPS) is 11.3. The lowest BCUT2D eigenvalue weighted by Crippen LogP contribution is -2.59. The summed E-state index contributed by atoms with van der Waals surface area (Å²) in [4.78, 5) is 37.0. The van der Waals surface area contributed by atoms with Crippen molar-refractivity contribution in [3.05, 3.63) is 0 Å². The van der Waals surface area contributed by atoms with E-state index in [4.69, 9.17) is 0 Å². The van der Waals surface area contributed by atoms with Gasteiger partial charge in [0.25, 0.3) is 8.07 Å². The zero-order chi connectivity index (χ0) is 14.2. The summed E-state index contributed by atoms with van der Waals surface area (Å²) in [6, 6.07) is 0.448. The second kappa shape index (κ2) is 8.35. The van der Waals surface area contributed by atoms with Crippen LogP contribution in [0.3, 0.4) is 0 Å². The van der Waals surface area contributed by atoms with Gasteiger partial charge in [-0.3, -0.25) is 0 Å². The van der Waals surface area contributed by atoms with E-state index in [9.17, 15) is 14.4 Å². The Balaban J connectivity index is 5.38. The molecule has 0 aliphatic carbocycles. The summed E-state index contributed by atoms with van der Waals surface area (Å²) < 4.78 is 0. The molecule has 0 aromatic carbocycles. The van der Waals surface area contributed by atoms with Crippen LogP contribution in [0.1, 0.15) is 66.2 Å². The zero-order valence-corrected chi connectivity index (χ0v) is 13.2. The van der Waals surface area contributed by atoms with Crippen molar-refractivity contribution in [2.75, 3.05) is 0 Å². The molecule has 0 saturated heterocycles. The molecule has 0 bridgehead atoms. The molecular formula is C14H26O3Si. The number of rotatable bonds is 10. The molecule has 0 aromatic rings. The van der Waals surface area contributed by atoms with E-state index in [-0.39, 0.29) is 16.2 Å². The van der Waals surface area contributed by atoms with Gasteiger partial charge >= 0.3 is 0 Å². The third kappa shape index (κ3) is 3.61. The Hall–Kier alpha value is -0.773. The molecule has 0 heterocycles. The highest BCUT2D eigenvalue weighted by Gasteiger charge is 2.51. The van der Waals surface area contributed by atoms with E-state index < -0.39 is 8.07 Å². The van der Waals surface area contributed by atoms with Gasteiger partial charge in [-0.2, -0.15) is 0 Å². The van der Waals surface area contributed by atoms with E-state index in [1.807, 2.05) is 27.7 Å². The molecule has 0 aromatic heterocycles. The Morgan fingerprint density at radius 3 is 1.11 bits per heavy atom. The Bertz CT molecular complexity index is 265. The summed E-state index contributed by atoms with van der Waals surface area (Å²) >= 11 is 0. The first-order valence-electron chi connectivity index (χ1n) is 7.11. The molecule has 104 valence electrons. The molecule has 3 nitrogen and oxygen atoms in total. The molecule has 18 heavy (non-hydrogen) atoms. The van der Waals surface area contributed by atoms with Crippen LogP contribution in [0.15, 0.2) is 0 Å². The molecule has 0 rings (SSSR count). The van der Waals surface area contributed by atoms with Gasteiger partial charge < -0.3 is 14.4 Å². The second-order valence-corrected chi connectivity index (χ2v) is 8.97. The van der Waals surface area contributed by atoms with Crippen molar-refractivity contribution in [1.82, 2.24) is 0 Å². The minimum atomic E-state index is -3.06. The van der Waals surface area contributed by atoms with Gasteiger partial charge in [-0.1, -0.05) is 27.7 Å². The van der Waals surface area contributed by atoms with Crippen LogP contribution < -0.4 is 0 Å². The summed E-state index contributed by atoms with van der Waals surface area (Å²) in [5.41, 5.74) is 0. The van der Waals surface area contributed by atoms with Gasteiger partial charge in [0.1, 0.15) is 16.2 Å². The highest BCUT2D eigenvalue weighted by atomic mass is 28.3. The van der Waals surface area contributed by atoms with Crippen LogP contribution in [-0.2, 0) is 14.4 Å². The van der Waals surface area contributed by atoms with E-state index in [1.54, 1.807) is 0 Å². The molecular weight excluding hydrogens is 244 g/mol. The van der Waals surface area contributed by atoms with Crippen LogP contribution in [0.4, 0.5) is 0 Å². The largest absolute Gasteiger partial charge is 0.304 e. The standard InChI is InChI=1S/C14H26O3Si/c1-5-9-12(15)18(8-4,13(16)10-6-2)14(17)11-7-3/h5-11H2,1-4H3. The van der Waals surface area contributed by atoms with Crippen LogP contribution in [0.5, 0.6) is 0 Å². The fourth-order valence-electron chi connectivity index (χ4n) is 2.38. The molecule has 0 aliphatic heterocycles. The summed E-state index contributed by atoms with van der Waals surface area (Å²) in [5, 5.41) is -0.113. The predicted octanol–water partition coefficient (Wildman–Crippen LogP) is 3.18. The van der Waals surface area contributed by atoms with E-state index in [0.29, 0.717) is 44.6 Å². The van der Waals surface area contributed by atoms with E-state index in [0.717, 1.165) is 0 Å². The molecule has 0 saturated carbocycles. The fraction of sp³-hybridized carbons (Fsp3) is 0.786. The number of carbonyl (C=O) groups is 3. The van der Waals surface area contributed by atoms with Gasteiger partial charge in [-0.25, -0.2) is 0 Å². The molecule has 4 heteroatoms. The van der Waals surface area contributed by atoms with Crippen LogP contribution >= 0.6 is 0 Å². The van der Waals surface area contributed by atoms with Crippen LogP contribution in [-0.4, -0.2) is 24.3 Å². The monoisotopic (exact) mass is 270 g/mol. The molecule has 0 N–H and O–H groups in total. The Morgan fingerprint density at radius 2 is 0.944 bits per heavy atom. The van der Waals surface area contributed by atoms with Crippen molar-refractivity contribution < 1.29 is 14.4 Å². The van der Waals surface area contributed by atoms with Crippen molar-refractivity contribution in [2.24, 2.45) is 0 Å². The molecule has 0 spiro atoms. The maximum absolute atomic E-state index is 12.3. The van der Waals surface area contributed by atoms with Crippen LogP contribution in [0, 0.1) is 0 Å². The summed E-state index contributed by atoms with van der Waals surface area (Å²) in [6.45, 7) is 7.59. The topological polar surface area (TPSA) is 51.2 Å². The molecule has 0 unspecified atom stereocenters. The van der Waals surface area contributed by atoms with Crippen molar-refractivity contribution in [3.8, 4) is 0 Å². The van der Waals surface area contributed by atoms with Crippen LogP contribution in [0.25, 0.3) is 0 Å². The van der Waals surface area contributed by atoms with Crippen molar-refractivity contribution in [1.29, 1.82) is 0 Å². The molecule has 0 aliphatic rings.